The second kappa shape index (κ2) is 5.44. The van der Waals surface area contributed by atoms with Gasteiger partial charge in [-0.05, 0) is 24.6 Å². The van der Waals surface area contributed by atoms with Crippen molar-refractivity contribution in [1.82, 2.24) is 0 Å². The van der Waals surface area contributed by atoms with Crippen molar-refractivity contribution < 1.29 is 5.11 Å². The van der Waals surface area contributed by atoms with Crippen LogP contribution >= 0.6 is 11.8 Å². The Morgan fingerprint density at radius 1 is 1.59 bits per heavy atom. The zero-order chi connectivity index (χ0) is 12.3. The van der Waals surface area contributed by atoms with E-state index in [9.17, 15) is 5.26 Å². The van der Waals surface area contributed by atoms with E-state index in [4.69, 9.17) is 5.11 Å². The second-order valence-electron chi connectivity index (χ2n) is 4.24. The van der Waals surface area contributed by atoms with Gasteiger partial charge in [-0.2, -0.15) is 17.0 Å². The minimum absolute atomic E-state index is 0.0135. The number of nitrogens with zero attached hydrogens (tertiary/aromatic N) is 2. The van der Waals surface area contributed by atoms with Crippen LogP contribution in [0.15, 0.2) is 18.2 Å². The van der Waals surface area contributed by atoms with E-state index < -0.39 is 0 Å². The van der Waals surface area contributed by atoms with Crippen molar-refractivity contribution in [2.45, 2.75) is 19.6 Å². The van der Waals surface area contributed by atoms with Crippen LogP contribution in [-0.4, -0.2) is 29.2 Å². The summed E-state index contributed by atoms with van der Waals surface area (Å²) in [6.07, 6.45) is 0. The predicted molar refractivity (Wildman–Crippen MR) is 71.2 cm³/mol. The molecule has 4 heteroatoms. The van der Waals surface area contributed by atoms with Gasteiger partial charge in [-0.25, -0.2) is 0 Å². The summed E-state index contributed by atoms with van der Waals surface area (Å²) in [5.74, 6) is 2.21. The summed E-state index contributed by atoms with van der Waals surface area (Å²) in [4.78, 5) is 2.29. The Labute approximate surface area is 106 Å². The SMILES string of the molecule is CC1CSCCN1c1ccc(CO)cc1C#N. The molecule has 1 aliphatic heterocycles. The molecule has 1 aliphatic rings. The lowest BCUT2D eigenvalue weighted by Gasteiger charge is -2.35. The highest BCUT2D eigenvalue weighted by atomic mass is 32.2. The van der Waals surface area contributed by atoms with E-state index in [0.717, 1.165) is 29.3 Å². The Morgan fingerprint density at radius 3 is 3.06 bits per heavy atom. The van der Waals surface area contributed by atoms with Gasteiger partial charge in [0.2, 0.25) is 0 Å². The summed E-state index contributed by atoms with van der Waals surface area (Å²) in [7, 11) is 0. The summed E-state index contributed by atoms with van der Waals surface area (Å²) < 4.78 is 0. The van der Waals surface area contributed by atoms with E-state index >= 15 is 0 Å². The minimum atomic E-state index is -0.0135. The highest BCUT2D eigenvalue weighted by Crippen LogP contribution is 2.27. The molecule has 17 heavy (non-hydrogen) atoms. The van der Waals surface area contributed by atoms with Gasteiger partial charge < -0.3 is 10.0 Å². The molecule has 0 spiro atoms. The summed E-state index contributed by atoms with van der Waals surface area (Å²) >= 11 is 1.96. The summed E-state index contributed by atoms with van der Waals surface area (Å²) in [6.45, 7) is 3.16. The molecule has 1 unspecified atom stereocenters. The lowest BCUT2D eigenvalue weighted by Crippen LogP contribution is -2.40. The van der Waals surface area contributed by atoms with Gasteiger partial charge in [0, 0.05) is 24.1 Å². The lowest BCUT2D eigenvalue weighted by molar-refractivity contribution is 0.282. The molecule has 90 valence electrons. The van der Waals surface area contributed by atoms with Crippen molar-refractivity contribution in [2.24, 2.45) is 0 Å². The summed E-state index contributed by atoms with van der Waals surface area (Å²) in [5, 5.41) is 18.3. The second-order valence-corrected chi connectivity index (χ2v) is 5.39. The molecular formula is C13H16N2OS. The molecule has 1 saturated heterocycles. The number of benzene rings is 1. The first-order valence-corrected chi connectivity index (χ1v) is 6.90. The average molecular weight is 248 g/mol. The van der Waals surface area contributed by atoms with Crippen LogP contribution in [-0.2, 0) is 6.61 Å². The van der Waals surface area contributed by atoms with Crippen LogP contribution < -0.4 is 4.90 Å². The Morgan fingerprint density at radius 2 is 2.41 bits per heavy atom. The van der Waals surface area contributed by atoms with E-state index in [2.05, 4.69) is 17.9 Å². The van der Waals surface area contributed by atoms with Gasteiger partial charge in [0.25, 0.3) is 0 Å². The fraction of sp³-hybridized carbons (Fsp3) is 0.462. The van der Waals surface area contributed by atoms with Crippen molar-refractivity contribution in [2.75, 3.05) is 23.0 Å². The van der Waals surface area contributed by atoms with Crippen LogP contribution in [0.1, 0.15) is 18.1 Å². The monoisotopic (exact) mass is 248 g/mol. The maximum atomic E-state index is 9.19. The fourth-order valence-corrected chi connectivity index (χ4v) is 3.12. The first-order chi connectivity index (χ1) is 8.26. The van der Waals surface area contributed by atoms with Crippen molar-refractivity contribution in [3.8, 4) is 6.07 Å². The quantitative estimate of drug-likeness (QED) is 0.869. The number of aliphatic hydroxyl groups is 1. The highest BCUT2D eigenvalue weighted by Gasteiger charge is 2.21. The molecule has 3 nitrogen and oxygen atoms in total. The van der Waals surface area contributed by atoms with Crippen molar-refractivity contribution >= 4 is 17.4 Å². The average Bonchev–Trinajstić information content (AvgIpc) is 2.38. The number of anilines is 1. The van der Waals surface area contributed by atoms with Gasteiger partial charge in [0.15, 0.2) is 0 Å². The number of nitriles is 1. The Kier molecular flexibility index (Phi) is 3.93. The molecule has 1 atom stereocenters. The molecule has 1 aromatic carbocycles. The highest BCUT2D eigenvalue weighted by molar-refractivity contribution is 7.99. The van der Waals surface area contributed by atoms with Crippen LogP contribution in [0.3, 0.4) is 0 Å². The Balaban J connectivity index is 2.34. The molecule has 1 aromatic rings. The zero-order valence-corrected chi connectivity index (χ0v) is 10.7. The van der Waals surface area contributed by atoms with Crippen molar-refractivity contribution in [3.63, 3.8) is 0 Å². The third-order valence-electron chi connectivity index (χ3n) is 3.04. The van der Waals surface area contributed by atoms with E-state index in [1.54, 1.807) is 6.07 Å². The van der Waals surface area contributed by atoms with Gasteiger partial charge in [0.05, 0.1) is 17.9 Å². The summed E-state index contributed by atoms with van der Waals surface area (Å²) in [6, 6.07) is 8.32. The molecule has 1 N–H and O–H groups in total. The van der Waals surface area contributed by atoms with Gasteiger partial charge in [-0.1, -0.05) is 6.07 Å². The standard InChI is InChI=1S/C13H16N2OS/c1-10-9-17-5-4-15(10)13-3-2-11(8-16)6-12(13)7-14/h2-3,6,10,16H,4-5,8-9H2,1H3. The first kappa shape index (κ1) is 12.3. The largest absolute Gasteiger partial charge is 0.392 e. The number of thioether (sulfide) groups is 1. The maximum absolute atomic E-state index is 9.19. The molecule has 0 aliphatic carbocycles. The number of hydrogen-bond acceptors (Lipinski definition) is 4. The molecule has 0 bridgehead atoms. The van der Waals surface area contributed by atoms with Crippen molar-refractivity contribution in [1.29, 1.82) is 5.26 Å². The molecule has 1 fully saturated rings. The Bertz CT molecular complexity index is 442. The van der Waals surface area contributed by atoms with Crippen LogP contribution in [0.5, 0.6) is 0 Å². The minimum Gasteiger partial charge on any atom is -0.392 e. The lowest BCUT2D eigenvalue weighted by atomic mass is 10.1. The van der Waals surface area contributed by atoms with Crippen LogP contribution in [0.4, 0.5) is 5.69 Å². The van der Waals surface area contributed by atoms with Gasteiger partial charge >= 0.3 is 0 Å². The number of hydrogen-bond donors (Lipinski definition) is 1. The molecule has 0 aromatic heterocycles. The fourth-order valence-electron chi connectivity index (χ4n) is 2.11. The van der Waals surface area contributed by atoms with Gasteiger partial charge in [-0.3, -0.25) is 0 Å². The summed E-state index contributed by atoms with van der Waals surface area (Å²) in [5.41, 5.74) is 2.46. The smallest absolute Gasteiger partial charge is 0.101 e. The molecule has 0 radical (unpaired) electrons. The van der Waals surface area contributed by atoms with E-state index in [0.29, 0.717) is 11.6 Å². The van der Waals surface area contributed by atoms with E-state index in [1.807, 2.05) is 23.9 Å². The molecule has 0 saturated carbocycles. The van der Waals surface area contributed by atoms with Crippen molar-refractivity contribution in [3.05, 3.63) is 29.3 Å². The van der Waals surface area contributed by atoms with E-state index in [-0.39, 0.29) is 6.61 Å². The topological polar surface area (TPSA) is 47.3 Å². The van der Waals surface area contributed by atoms with E-state index in [1.165, 1.54) is 0 Å². The normalized spacial score (nSPS) is 20.1. The molecular weight excluding hydrogens is 232 g/mol. The first-order valence-electron chi connectivity index (χ1n) is 5.74. The zero-order valence-electron chi connectivity index (χ0n) is 9.89. The third-order valence-corrected chi connectivity index (χ3v) is 4.23. The van der Waals surface area contributed by atoms with Crippen LogP contribution in [0.25, 0.3) is 0 Å². The predicted octanol–water partition coefficient (Wildman–Crippen LogP) is 1.99. The molecule has 0 amide bonds. The molecule has 1 heterocycles. The number of aliphatic hydroxyl groups excluding tert-OH is 1. The number of rotatable bonds is 2. The van der Waals surface area contributed by atoms with Crippen LogP contribution in [0, 0.1) is 11.3 Å². The molecule has 2 rings (SSSR count). The van der Waals surface area contributed by atoms with Gasteiger partial charge in [-0.15, -0.1) is 0 Å². The van der Waals surface area contributed by atoms with Crippen LogP contribution in [0.2, 0.25) is 0 Å². The third kappa shape index (κ3) is 2.56. The Hall–Kier alpha value is -1.18. The maximum Gasteiger partial charge on any atom is 0.101 e. The van der Waals surface area contributed by atoms with Gasteiger partial charge in [0.1, 0.15) is 6.07 Å².